The van der Waals surface area contributed by atoms with Gasteiger partial charge in [0.15, 0.2) is 0 Å². The van der Waals surface area contributed by atoms with Gasteiger partial charge < -0.3 is 14.5 Å². The van der Waals surface area contributed by atoms with Gasteiger partial charge in [-0.1, -0.05) is 26.0 Å². The van der Waals surface area contributed by atoms with Gasteiger partial charge in [0.05, 0.1) is 14.2 Å². The largest absolute Gasteiger partial charge is 0.467 e. The Hall–Kier alpha value is -2.63. The van der Waals surface area contributed by atoms with Gasteiger partial charge in [-0.3, -0.25) is 4.99 Å². The summed E-state index contributed by atoms with van der Waals surface area (Å²) in [5.74, 6) is -1.10. The van der Waals surface area contributed by atoms with E-state index in [0.29, 0.717) is 12.3 Å². The number of aromatic nitrogens is 1. The van der Waals surface area contributed by atoms with Gasteiger partial charge in [0.1, 0.15) is 0 Å². The Morgan fingerprint density at radius 2 is 1.92 bits per heavy atom. The van der Waals surface area contributed by atoms with Crippen molar-refractivity contribution >= 4 is 28.6 Å². The standard InChI is InChI=1S/C19H22N2O4/c1-11(2)8-15-13-6-5-7-14-16(13)12(10-20-14)9-19(21-15,17(22)24-3)18(23)25-4/h5-7,10-11,20H,8-9H2,1-4H3. The molecule has 0 spiro atoms. The quantitative estimate of drug-likeness (QED) is 0.684. The molecule has 0 atom stereocenters. The molecular weight excluding hydrogens is 320 g/mol. The van der Waals surface area contributed by atoms with Crippen LogP contribution in [0.15, 0.2) is 29.4 Å². The third kappa shape index (κ3) is 2.71. The number of nitrogens with zero attached hydrogens (tertiary/aromatic N) is 1. The second kappa shape index (κ2) is 6.35. The fourth-order valence-corrected chi connectivity index (χ4v) is 3.44. The number of H-pyrrole nitrogens is 1. The van der Waals surface area contributed by atoms with Crippen molar-refractivity contribution in [3.05, 3.63) is 35.5 Å². The molecule has 6 heteroatoms. The summed E-state index contributed by atoms with van der Waals surface area (Å²) < 4.78 is 9.88. The highest BCUT2D eigenvalue weighted by Gasteiger charge is 2.50. The fraction of sp³-hybridized carbons (Fsp3) is 0.421. The molecule has 1 N–H and O–H groups in total. The van der Waals surface area contributed by atoms with Crippen molar-refractivity contribution in [3.8, 4) is 0 Å². The van der Waals surface area contributed by atoms with Crippen LogP contribution in [-0.4, -0.2) is 42.4 Å². The molecule has 1 aromatic heterocycles. The first kappa shape index (κ1) is 17.2. The predicted octanol–water partition coefficient (Wildman–Crippen LogP) is 2.64. The normalized spacial score (nSPS) is 15.6. The van der Waals surface area contributed by atoms with Gasteiger partial charge in [0.25, 0.3) is 5.54 Å². The molecule has 1 aliphatic rings. The van der Waals surface area contributed by atoms with Gasteiger partial charge in [0, 0.05) is 34.8 Å². The van der Waals surface area contributed by atoms with Crippen molar-refractivity contribution in [2.75, 3.05) is 14.2 Å². The molecule has 0 bridgehead atoms. The van der Waals surface area contributed by atoms with Crippen LogP contribution < -0.4 is 0 Å². The van der Waals surface area contributed by atoms with Crippen LogP contribution in [0, 0.1) is 5.92 Å². The van der Waals surface area contributed by atoms with Crippen LogP contribution in [0.3, 0.4) is 0 Å². The van der Waals surface area contributed by atoms with E-state index in [2.05, 4.69) is 23.8 Å². The van der Waals surface area contributed by atoms with Crippen LogP contribution >= 0.6 is 0 Å². The lowest BCUT2D eigenvalue weighted by Crippen LogP contribution is -2.49. The number of aromatic amines is 1. The number of hydrogen-bond acceptors (Lipinski definition) is 5. The molecule has 1 aliphatic heterocycles. The van der Waals surface area contributed by atoms with E-state index in [0.717, 1.165) is 27.7 Å². The lowest BCUT2D eigenvalue weighted by atomic mass is 9.91. The lowest BCUT2D eigenvalue weighted by molar-refractivity contribution is -0.160. The number of methoxy groups -OCH3 is 2. The number of ether oxygens (including phenoxy) is 2. The summed E-state index contributed by atoms with van der Waals surface area (Å²) in [5, 5.41) is 0.997. The van der Waals surface area contributed by atoms with Crippen molar-refractivity contribution in [1.29, 1.82) is 0 Å². The Bertz CT molecular complexity index is 847. The highest BCUT2D eigenvalue weighted by molar-refractivity contribution is 6.17. The Morgan fingerprint density at radius 1 is 1.24 bits per heavy atom. The Morgan fingerprint density at radius 3 is 2.52 bits per heavy atom. The van der Waals surface area contributed by atoms with Crippen LogP contribution in [0.25, 0.3) is 10.9 Å². The van der Waals surface area contributed by atoms with Crippen molar-refractivity contribution in [2.45, 2.75) is 32.2 Å². The minimum absolute atomic E-state index is 0.102. The molecule has 0 aliphatic carbocycles. The first-order valence-electron chi connectivity index (χ1n) is 8.28. The first-order valence-corrected chi connectivity index (χ1v) is 8.28. The van der Waals surface area contributed by atoms with Crippen molar-refractivity contribution in [2.24, 2.45) is 10.9 Å². The molecule has 132 valence electrons. The van der Waals surface area contributed by atoms with Gasteiger partial charge >= 0.3 is 11.9 Å². The topological polar surface area (TPSA) is 80.8 Å². The number of nitrogens with one attached hydrogen (secondary N) is 1. The lowest BCUT2D eigenvalue weighted by Gasteiger charge is -2.24. The minimum atomic E-state index is -1.72. The van der Waals surface area contributed by atoms with Crippen molar-refractivity contribution in [1.82, 2.24) is 4.98 Å². The molecule has 6 nitrogen and oxygen atoms in total. The summed E-state index contributed by atoms with van der Waals surface area (Å²) in [6.07, 6.45) is 2.56. The zero-order valence-electron chi connectivity index (χ0n) is 14.9. The second-order valence-electron chi connectivity index (χ2n) is 6.72. The van der Waals surface area contributed by atoms with E-state index in [9.17, 15) is 9.59 Å². The van der Waals surface area contributed by atoms with Gasteiger partial charge in [-0.25, -0.2) is 9.59 Å². The van der Waals surface area contributed by atoms with Gasteiger partial charge in [-0.05, 0) is 24.0 Å². The zero-order chi connectivity index (χ0) is 18.2. The maximum Gasteiger partial charge on any atom is 0.345 e. The van der Waals surface area contributed by atoms with E-state index in [1.165, 1.54) is 14.2 Å². The number of hydrogen-bond donors (Lipinski definition) is 1. The van der Waals surface area contributed by atoms with Crippen molar-refractivity contribution in [3.63, 3.8) is 0 Å². The number of esters is 2. The average molecular weight is 342 g/mol. The zero-order valence-corrected chi connectivity index (χ0v) is 14.9. The third-order valence-electron chi connectivity index (χ3n) is 4.52. The molecule has 0 fully saturated rings. The van der Waals surface area contributed by atoms with E-state index in [1.807, 2.05) is 24.4 Å². The van der Waals surface area contributed by atoms with Crippen LogP contribution in [0.4, 0.5) is 0 Å². The summed E-state index contributed by atoms with van der Waals surface area (Å²) in [7, 11) is 2.52. The summed E-state index contributed by atoms with van der Waals surface area (Å²) in [5.41, 5.74) is 1.74. The van der Waals surface area contributed by atoms with E-state index in [4.69, 9.17) is 9.47 Å². The number of carbonyl (C=O) groups is 2. The second-order valence-corrected chi connectivity index (χ2v) is 6.72. The predicted molar refractivity (Wildman–Crippen MR) is 94.8 cm³/mol. The SMILES string of the molecule is COC(=O)C1(C(=O)OC)Cc2c[nH]c3cccc(c23)C(CC(C)C)=N1. The smallest absolute Gasteiger partial charge is 0.345 e. The maximum absolute atomic E-state index is 12.6. The molecule has 0 saturated carbocycles. The fourth-order valence-electron chi connectivity index (χ4n) is 3.44. The Kier molecular flexibility index (Phi) is 4.37. The van der Waals surface area contributed by atoms with E-state index in [-0.39, 0.29) is 6.42 Å². The van der Waals surface area contributed by atoms with Gasteiger partial charge in [-0.2, -0.15) is 0 Å². The maximum atomic E-state index is 12.6. The minimum Gasteiger partial charge on any atom is -0.467 e. The number of benzene rings is 1. The van der Waals surface area contributed by atoms with Gasteiger partial charge in [-0.15, -0.1) is 0 Å². The number of aliphatic imine (C=N–C) groups is 1. The molecule has 0 saturated heterocycles. The Labute approximate surface area is 146 Å². The third-order valence-corrected chi connectivity index (χ3v) is 4.52. The molecular formula is C19H22N2O4. The molecule has 25 heavy (non-hydrogen) atoms. The van der Waals surface area contributed by atoms with E-state index in [1.54, 1.807) is 0 Å². The summed E-state index contributed by atoms with van der Waals surface area (Å²) in [6.45, 7) is 4.15. The summed E-state index contributed by atoms with van der Waals surface area (Å²) >= 11 is 0. The molecule has 0 unspecified atom stereocenters. The number of rotatable bonds is 4. The van der Waals surface area contributed by atoms with Crippen LogP contribution in [0.1, 0.15) is 31.4 Å². The monoisotopic (exact) mass is 342 g/mol. The van der Waals surface area contributed by atoms with Crippen LogP contribution in [0.5, 0.6) is 0 Å². The number of carbonyl (C=O) groups excluding carboxylic acids is 2. The van der Waals surface area contributed by atoms with E-state index < -0.39 is 17.5 Å². The van der Waals surface area contributed by atoms with E-state index >= 15 is 0 Å². The summed E-state index contributed by atoms with van der Waals surface area (Å²) in [4.78, 5) is 33.1. The summed E-state index contributed by atoms with van der Waals surface area (Å²) in [6, 6.07) is 5.89. The first-order chi connectivity index (χ1) is 11.9. The van der Waals surface area contributed by atoms with Crippen molar-refractivity contribution < 1.29 is 19.1 Å². The highest BCUT2D eigenvalue weighted by atomic mass is 16.5. The van der Waals surface area contributed by atoms with Crippen LogP contribution in [0.2, 0.25) is 0 Å². The molecule has 0 amide bonds. The molecule has 2 heterocycles. The Balaban J connectivity index is 2.32. The molecule has 0 radical (unpaired) electrons. The highest BCUT2D eigenvalue weighted by Crippen LogP contribution is 2.34. The molecule has 2 aromatic rings. The molecule has 3 rings (SSSR count). The van der Waals surface area contributed by atoms with Gasteiger partial charge in [0.2, 0.25) is 0 Å². The molecule has 1 aromatic carbocycles. The average Bonchev–Trinajstić information content (AvgIpc) is 2.94. The van der Waals surface area contributed by atoms with Crippen LogP contribution in [-0.2, 0) is 25.5 Å².